The molecule has 0 fully saturated rings. The molecule has 0 aliphatic rings. The summed E-state index contributed by atoms with van der Waals surface area (Å²) in [6.07, 6.45) is 0.833. The molecule has 0 aromatic carbocycles. The number of pyridine rings is 1. The lowest BCUT2D eigenvalue weighted by Gasteiger charge is -2.06. The molecule has 2 heterocycles. The van der Waals surface area contributed by atoms with Crippen LogP contribution in [0.4, 0.5) is 0 Å². The van der Waals surface area contributed by atoms with E-state index in [1.165, 1.54) is 11.3 Å². The van der Waals surface area contributed by atoms with Gasteiger partial charge in [-0.2, -0.15) is 0 Å². The van der Waals surface area contributed by atoms with Gasteiger partial charge in [0.2, 0.25) is 0 Å². The third-order valence-electron chi connectivity index (χ3n) is 2.58. The van der Waals surface area contributed by atoms with Gasteiger partial charge in [0, 0.05) is 12.2 Å². The second-order valence-electron chi connectivity index (χ2n) is 4.10. The molecular formula is C13H18N4OS. The van der Waals surface area contributed by atoms with Gasteiger partial charge in [-0.15, -0.1) is 5.10 Å². The summed E-state index contributed by atoms with van der Waals surface area (Å²) in [6.45, 7) is 7.74. The van der Waals surface area contributed by atoms with Crippen molar-refractivity contribution in [3.63, 3.8) is 0 Å². The topological polar surface area (TPSA) is 59.9 Å². The van der Waals surface area contributed by atoms with Crippen LogP contribution >= 0.6 is 11.3 Å². The van der Waals surface area contributed by atoms with E-state index in [0.29, 0.717) is 5.19 Å². The van der Waals surface area contributed by atoms with Crippen LogP contribution < -0.4 is 10.1 Å². The summed E-state index contributed by atoms with van der Waals surface area (Å²) < 4.78 is 5.77. The molecule has 19 heavy (non-hydrogen) atoms. The number of nitrogens with zero attached hydrogens (tertiary/aromatic N) is 3. The molecule has 0 spiro atoms. The zero-order valence-corrected chi connectivity index (χ0v) is 12.3. The fourth-order valence-corrected chi connectivity index (χ4v) is 2.29. The molecular weight excluding hydrogens is 260 g/mol. The minimum Gasteiger partial charge on any atom is -0.428 e. The van der Waals surface area contributed by atoms with Crippen LogP contribution in [0, 0.1) is 6.92 Å². The van der Waals surface area contributed by atoms with E-state index in [9.17, 15) is 0 Å². The second kappa shape index (κ2) is 6.58. The Morgan fingerprint density at radius 2 is 2.11 bits per heavy atom. The second-order valence-corrected chi connectivity index (χ2v) is 5.12. The maximum absolute atomic E-state index is 5.77. The van der Waals surface area contributed by atoms with Crippen LogP contribution in [-0.4, -0.2) is 21.7 Å². The molecule has 0 bridgehead atoms. The first-order valence-corrected chi connectivity index (χ1v) is 7.22. The van der Waals surface area contributed by atoms with Crippen molar-refractivity contribution in [2.45, 2.75) is 33.7 Å². The molecule has 0 unspecified atom stereocenters. The van der Waals surface area contributed by atoms with E-state index in [4.69, 9.17) is 4.74 Å². The molecule has 0 saturated carbocycles. The number of rotatable bonds is 6. The zero-order chi connectivity index (χ0) is 13.7. The first kappa shape index (κ1) is 13.9. The highest BCUT2D eigenvalue weighted by molar-refractivity contribution is 7.13. The molecule has 0 radical (unpaired) electrons. The Morgan fingerprint density at radius 3 is 2.84 bits per heavy atom. The fourth-order valence-electron chi connectivity index (χ4n) is 1.62. The number of aryl methyl sites for hydroxylation is 2. The number of nitrogens with one attached hydrogen (secondary N) is 1. The molecule has 1 N–H and O–H groups in total. The molecule has 0 atom stereocenters. The van der Waals surface area contributed by atoms with E-state index in [1.54, 1.807) is 0 Å². The molecule has 6 heteroatoms. The number of hydrogen-bond acceptors (Lipinski definition) is 6. The lowest BCUT2D eigenvalue weighted by molar-refractivity contribution is 0.463. The molecule has 0 amide bonds. The van der Waals surface area contributed by atoms with E-state index >= 15 is 0 Å². The Hall–Kier alpha value is -1.53. The van der Waals surface area contributed by atoms with Crippen LogP contribution in [0.25, 0.3) is 0 Å². The Kier molecular flexibility index (Phi) is 4.81. The Bertz CT molecular complexity index is 541. The number of ether oxygens (including phenoxy) is 1. The van der Waals surface area contributed by atoms with Gasteiger partial charge in [0.25, 0.3) is 5.19 Å². The average molecular weight is 278 g/mol. The largest absolute Gasteiger partial charge is 0.428 e. The number of hydrogen-bond donors (Lipinski definition) is 1. The normalized spacial score (nSPS) is 10.7. The molecule has 102 valence electrons. The summed E-state index contributed by atoms with van der Waals surface area (Å²) >= 11 is 1.46. The number of aromatic nitrogens is 3. The fraction of sp³-hybridized carbons (Fsp3) is 0.462. The third-order valence-corrected chi connectivity index (χ3v) is 3.38. The SMILES string of the molecule is CCNCc1nnc(Oc2ccc(C)nc2CC)s1. The zero-order valence-electron chi connectivity index (χ0n) is 11.4. The Labute approximate surface area is 117 Å². The smallest absolute Gasteiger partial charge is 0.299 e. The van der Waals surface area contributed by atoms with Crippen molar-refractivity contribution in [3.05, 3.63) is 28.5 Å². The average Bonchev–Trinajstić information content (AvgIpc) is 2.86. The summed E-state index contributed by atoms with van der Waals surface area (Å²) in [5.41, 5.74) is 1.94. The standard InChI is InChI=1S/C13H18N4OS/c1-4-10-11(7-6-9(3)15-10)18-13-17-16-12(19-13)8-14-5-2/h6-7,14H,4-5,8H2,1-3H3. The molecule has 2 aromatic rings. The van der Waals surface area contributed by atoms with Gasteiger partial charge in [-0.05, 0) is 32.0 Å². The minimum absolute atomic E-state index is 0.563. The van der Waals surface area contributed by atoms with Crippen molar-refractivity contribution < 1.29 is 4.74 Å². The highest BCUT2D eigenvalue weighted by Gasteiger charge is 2.09. The quantitative estimate of drug-likeness (QED) is 0.880. The van der Waals surface area contributed by atoms with Crippen LogP contribution in [0.2, 0.25) is 0 Å². The van der Waals surface area contributed by atoms with Gasteiger partial charge in [0.15, 0.2) is 5.75 Å². The van der Waals surface area contributed by atoms with Crippen molar-refractivity contribution in [1.29, 1.82) is 0 Å². The van der Waals surface area contributed by atoms with Gasteiger partial charge in [-0.3, -0.25) is 4.98 Å². The van der Waals surface area contributed by atoms with Gasteiger partial charge in [0.05, 0.1) is 5.69 Å². The van der Waals surface area contributed by atoms with Crippen molar-refractivity contribution >= 4 is 11.3 Å². The highest BCUT2D eigenvalue weighted by Crippen LogP contribution is 2.27. The van der Waals surface area contributed by atoms with Crippen LogP contribution in [0.5, 0.6) is 10.9 Å². The molecule has 2 rings (SSSR count). The van der Waals surface area contributed by atoms with Crippen molar-refractivity contribution in [2.75, 3.05) is 6.54 Å². The first-order valence-electron chi connectivity index (χ1n) is 6.40. The summed E-state index contributed by atoms with van der Waals surface area (Å²) in [7, 11) is 0. The Morgan fingerprint density at radius 1 is 1.26 bits per heavy atom. The lowest BCUT2D eigenvalue weighted by Crippen LogP contribution is -2.11. The molecule has 0 aliphatic carbocycles. The summed E-state index contributed by atoms with van der Waals surface area (Å²) in [5, 5.41) is 12.8. The highest BCUT2D eigenvalue weighted by atomic mass is 32.1. The maximum Gasteiger partial charge on any atom is 0.299 e. The molecule has 0 saturated heterocycles. The van der Waals surface area contributed by atoms with E-state index in [1.807, 2.05) is 19.1 Å². The van der Waals surface area contributed by atoms with E-state index < -0.39 is 0 Å². The van der Waals surface area contributed by atoms with Gasteiger partial charge < -0.3 is 10.1 Å². The van der Waals surface area contributed by atoms with Gasteiger partial charge >= 0.3 is 0 Å². The maximum atomic E-state index is 5.77. The Balaban J connectivity index is 2.10. The van der Waals surface area contributed by atoms with Crippen molar-refractivity contribution in [3.8, 4) is 10.9 Å². The van der Waals surface area contributed by atoms with Crippen LogP contribution in [0.15, 0.2) is 12.1 Å². The van der Waals surface area contributed by atoms with E-state index in [0.717, 1.165) is 41.7 Å². The molecule has 2 aromatic heterocycles. The van der Waals surface area contributed by atoms with Crippen LogP contribution in [0.1, 0.15) is 30.2 Å². The van der Waals surface area contributed by atoms with Gasteiger partial charge in [-0.1, -0.05) is 30.3 Å². The van der Waals surface area contributed by atoms with Crippen LogP contribution in [-0.2, 0) is 13.0 Å². The third kappa shape index (κ3) is 3.71. The van der Waals surface area contributed by atoms with E-state index in [-0.39, 0.29) is 0 Å². The van der Waals surface area contributed by atoms with Crippen molar-refractivity contribution in [1.82, 2.24) is 20.5 Å². The van der Waals surface area contributed by atoms with Crippen LogP contribution in [0.3, 0.4) is 0 Å². The predicted molar refractivity (Wildman–Crippen MR) is 75.7 cm³/mol. The van der Waals surface area contributed by atoms with E-state index in [2.05, 4.69) is 34.3 Å². The minimum atomic E-state index is 0.563. The summed E-state index contributed by atoms with van der Waals surface area (Å²) in [5.74, 6) is 0.763. The van der Waals surface area contributed by atoms with Crippen molar-refractivity contribution in [2.24, 2.45) is 0 Å². The summed E-state index contributed by atoms with van der Waals surface area (Å²) in [6, 6.07) is 3.88. The monoisotopic (exact) mass is 278 g/mol. The first-order chi connectivity index (χ1) is 9.22. The molecule has 0 aliphatic heterocycles. The summed E-state index contributed by atoms with van der Waals surface area (Å²) in [4.78, 5) is 4.46. The lowest BCUT2D eigenvalue weighted by atomic mass is 10.2. The predicted octanol–water partition coefficient (Wildman–Crippen LogP) is 2.71. The molecule has 5 nitrogen and oxygen atoms in total. The van der Waals surface area contributed by atoms with Gasteiger partial charge in [0.1, 0.15) is 5.01 Å². The van der Waals surface area contributed by atoms with Gasteiger partial charge in [-0.25, -0.2) is 0 Å².